The summed E-state index contributed by atoms with van der Waals surface area (Å²) >= 11 is 5.87. The smallest absolute Gasteiger partial charge is 0.160 e. The Balaban J connectivity index is 2.09. The van der Waals surface area contributed by atoms with Crippen LogP contribution in [0.15, 0.2) is 22.7 Å². The van der Waals surface area contributed by atoms with E-state index in [0.717, 1.165) is 34.1 Å². The molecule has 0 aliphatic rings. The normalized spacial score (nSPS) is 11.3. The third-order valence-corrected chi connectivity index (χ3v) is 3.31. The zero-order valence-electron chi connectivity index (χ0n) is 11.4. The van der Waals surface area contributed by atoms with E-state index in [0.29, 0.717) is 18.8 Å². The Morgan fingerprint density at radius 2 is 2.10 bits per heavy atom. The number of aromatic nitrogens is 4. The fourth-order valence-corrected chi connectivity index (χ4v) is 2.41. The lowest BCUT2D eigenvalue weighted by molar-refractivity contribution is 0.389. The van der Waals surface area contributed by atoms with Crippen molar-refractivity contribution in [1.82, 2.24) is 19.7 Å². The summed E-state index contributed by atoms with van der Waals surface area (Å²) in [6, 6.07) is 5.87. The van der Waals surface area contributed by atoms with Crippen LogP contribution in [0.5, 0.6) is 0 Å². The summed E-state index contributed by atoms with van der Waals surface area (Å²) in [6.07, 6.45) is 0.702. The van der Waals surface area contributed by atoms with Crippen LogP contribution in [0, 0.1) is 13.8 Å². The number of halogens is 1. The minimum absolute atomic E-state index is 0.528. The zero-order valence-corrected chi connectivity index (χ0v) is 12.2. The first-order valence-corrected chi connectivity index (χ1v) is 7.02. The number of hydrogen-bond donors (Lipinski definition) is 0. The van der Waals surface area contributed by atoms with Gasteiger partial charge in [-0.3, -0.25) is 0 Å². The summed E-state index contributed by atoms with van der Waals surface area (Å²) in [5, 5.41) is 4.04. The molecular formula is C14H15ClN4O. The first-order valence-electron chi connectivity index (χ1n) is 6.48. The summed E-state index contributed by atoms with van der Waals surface area (Å²) < 4.78 is 7.18. The van der Waals surface area contributed by atoms with Crippen molar-refractivity contribution in [2.75, 3.05) is 5.88 Å². The predicted molar refractivity (Wildman–Crippen MR) is 77.0 cm³/mol. The predicted octanol–water partition coefficient (Wildman–Crippen LogP) is 2.87. The molecule has 0 unspecified atom stereocenters. The Hall–Kier alpha value is -1.88. The molecule has 5 nitrogen and oxygen atoms in total. The molecule has 0 bridgehead atoms. The third kappa shape index (κ3) is 2.41. The lowest BCUT2D eigenvalue weighted by Crippen LogP contribution is -2.07. The summed E-state index contributed by atoms with van der Waals surface area (Å²) in [5.74, 6) is 2.25. The van der Waals surface area contributed by atoms with E-state index in [4.69, 9.17) is 16.1 Å². The SMILES string of the molecule is Cc1ccc2nc(CCCl)n(Cc3cc(C)on3)c2n1. The van der Waals surface area contributed by atoms with Gasteiger partial charge in [-0.25, -0.2) is 9.97 Å². The molecule has 0 aliphatic heterocycles. The molecule has 3 heterocycles. The van der Waals surface area contributed by atoms with Crippen molar-refractivity contribution in [3.05, 3.63) is 41.2 Å². The molecule has 3 aromatic rings. The minimum atomic E-state index is 0.528. The lowest BCUT2D eigenvalue weighted by atomic mass is 10.3. The van der Waals surface area contributed by atoms with Crippen molar-refractivity contribution in [3.63, 3.8) is 0 Å². The van der Waals surface area contributed by atoms with E-state index in [1.165, 1.54) is 0 Å². The molecule has 6 heteroatoms. The van der Waals surface area contributed by atoms with E-state index in [1.807, 2.05) is 32.0 Å². The standard InChI is InChI=1S/C14H15ClN4O/c1-9-3-4-12-14(16-9)19(13(17-12)5-6-15)8-11-7-10(2)20-18-11/h3-4,7H,5-6,8H2,1-2H3. The molecule has 0 radical (unpaired) electrons. The van der Waals surface area contributed by atoms with Gasteiger partial charge in [-0.15, -0.1) is 11.6 Å². The summed E-state index contributed by atoms with van der Waals surface area (Å²) in [4.78, 5) is 9.18. The van der Waals surface area contributed by atoms with Crippen molar-refractivity contribution in [2.24, 2.45) is 0 Å². The van der Waals surface area contributed by atoms with Crippen LogP contribution in [-0.2, 0) is 13.0 Å². The fourth-order valence-electron chi connectivity index (χ4n) is 2.24. The molecule has 20 heavy (non-hydrogen) atoms. The van der Waals surface area contributed by atoms with Crippen LogP contribution in [0.3, 0.4) is 0 Å². The maximum Gasteiger partial charge on any atom is 0.160 e. The molecule has 0 amide bonds. The Bertz CT molecular complexity index is 747. The van der Waals surface area contributed by atoms with Crippen LogP contribution >= 0.6 is 11.6 Å². The van der Waals surface area contributed by atoms with E-state index < -0.39 is 0 Å². The first kappa shape index (κ1) is 13.1. The molecule has 0 fully saturated rings. The van der Waals surface area contributed by atoms with Crippen LogP contribution in [0.25, 0.3) is 11.2 Å². The molecule has 0 aliphatic carbocycles. The van der Waals surface area contributed by atoms with Gasteiger partial charge in [-0.1, -0.05) is 5.16 Å². The highest BCUT2D eigenvalue weighted by atomic mass is 35.5. The monoisotopic (exact) mass is 290 g/mol. The van der Waals surface area contributed by atoms with E-state index >= 15 is 0 Å². The van der Waals surface area contributed by atoms with Crippen LogP contribution in [0.1, 0.15) is 23.0 Å². The second-order valence-electron chi connectivity index (χ2n) is 4.78. The Kier molecular flexibility index (Phi) is 3.44. The number of fused-ring (bicyclic) bond motifs is 1. The van der Waals surface area contributed by atoms with E-state index in [2.05, 4.69) is 19.7 Å². The number of nitrogens with zero attached hydrogens (tertiary/aromatic N) is 4. The highest BCUT2D eigenvalue weighted by Crippen LogP contribution is 2.17. The van der Waals surface area contributed by atoms with E-state index in [9.17, 15) is 0 Å². The van der Waals surface area contributed by atoms with Crippen molar-refractivity contribution >= 4 is 22.8 Å². The topological polar surface area (TPSA) is 56.7 Å². The number of hydrogen-bond acceptors (Lipinski definition) is 4. The number of aryl methyl sites for hydroxylation is 3. The maximum absolute atomic E-state index is 5.87. The molecule has 3 rings (SSSR count). The fraction of sp³-hybridized carbons (Fsp3) is 0.357. The zero-order chi connectivity index (χ0) is 14.1. The second kappa shape index (κ2) is 5.25. The molecular weight excluding hydrogens is 276 g/mol. The Morgan fingerprint density at radius 1 is 1.25 bits per heavy atom. The molecule has 0 saturated heterocycles. The van der Waals surface area contributed by atoms with Gasteiger partial charge in [0.05, 0.1) is 6.54 Å². The van der Waals surface area contributed by atoms with Gasteiger partial charge in [0, 0.05) is 24.1 Å². The van der Waals surface area contributed by atoms with Gasteiger partial charge in [-0.2, -0.15) is 0 Å². The number of pyridine rings is 1. The molecule has 0 N–H and O–H groups in total. The molecule has 0 atom stereocenters. The molecule has 0 aromatic carbocycles. The van der Waals surface area contributed by atoms with Crippen LogP contribution in [0.2, 0.25) is 0 Å². The van der Waals surface area contributed by atoms with Gasteiger partial charge in [-0.05, 0) is 26.0 Å². The van der Waals surface area contributed by atoms with Crippen molar-refractivity contribution in [1.29, 1.82) is 0 Å². The molecule has 104 valence electrons. The second-order valence-corrected chi connectivity index (χ2v) is 5.16. The number of alkyl halides is 1. The lowest BCUT2D eigenvalue weighted by Gasteiger charge is -2.05. The maximum atomic E-state index is 5.87. The molecule has 3 aromatic heterocycles. The van der Waals surface area contributed by atoms with Crippen molar-refractivity contribution < 1.29 is 4.52 Å². The van der Waals surface area contributed by atoms with Crippen molar-refractivity contribution in [3.8, 4) is 0 Å². The largest absolute Gasteiger partial charge is 0.361 e. The highest BCUT2D eigenvalue weighted by Gasteiger charge is 2.13. The molecule has 0 spiro atoms. The Morgan fingerprint density at radius 3 is 2.80 bits per heavy atom. The average molecular weight is 291 g/mol. The number of imidazole rings is 1. The third-order valence-electron chi connectivity index (χ3n) is 3.13. The van der Waals surface area contributed by atoms with Gasteiger partial charge in [0.15, 0.2) is 5.65 Å². The first-order chi connectivity index (χ1) is 9.67. The highest BCUT2D eigenvalue weighted by molar-refractivity contribution is 6.17. The average Bonchev–Trinajstić information content (AvgIpc) is 2.96. The Labute approximate surface area is 121 Å². The van der Waals surface area contributed by atoms with Gasteiger partial charge in [0.1, 0.15) is 22.8 Å². The van der Waals surface area contributed by atoms with E-state index in [-0.39, 0.29) is 0 Å². The van der Waals surface area contributed by atoms with Gasteiger partial charge in [0.25, 0.3) is 0 Å². The summed E-state index contributed by atoms with van der Waals surface area (Å²) in [7, 11) is 0. The van der Waals surface area contributed by atoms with Crippen molar-refractivity contribution in [2.45, 2.75) is 26.8 Å². The summed E-state index contributed by atoms with van der Waals surface area (Å²) in [5.41, 5.74) is 3.58. The van der Waals surface area contributed by atoms with Crippen LogP contribution in [-0.4, -0.2) is 25.6 Å². The van der Waals surface area contributed by atoms with E-state index in [1.54, 1.807) is 0 Å². The molecule has 0 saturated carbocycles. The van der Waals surface area contributed by atoms with Gasteiger partial charge in [0.2, 0.25) is 0 Å². The number of rotatable bonds is 4. The minimum Gasteiger partial charge on any atom is -0.361 e. The van der Waals surface area contributed by atoms with Gasteiger partial charge >= 0.3 is 0 Å². The van der Waals surface area contributed by atoms with Gasteiger partial charge < -0.3 is 9.09 Å². The van der Waals surface area contributed by atoms with Crippen LogP contribution in [0.4, 0.5) is 0 Å². The quantitative estimate of drug-likeness (QED) is 0.693. The summed E-state index contributed by atoms with van der Waals surface area (Å²) in [6.45, 7) is 4.44. The van der Waals surface area contributed by atoms with Crippen LogP contribution < -0.4 is 0 Å².